The molecule has 3 heteroatoms. The van der Waals surface area contributed by atoms with Crippen LogP contribution in [0.15, 0.2) is 60.9 Å². The van der Waals surface area contributed by atoms with Gasteiger partial charge in [0.2, 0.25) is 0 Å². The van der Waals surface area contributed by atoms with Gasteiger partial charge in [0.1, 0.15) is 0 Å². The first-order chi connectivity index (χ1) is 16.3. The third kappa shape index (κ3) is 4.67. The highest BCUT2D eigenvalue weighted by Gasteiger charge is 2.20. The molecule has 34 heavy (non-hydrogen) atoms. The van der Waals surface area contributed by atoms with E-state index < -0.39 is 6.10 Å². The predicted molar refractivity (Wildman–Crippen MR) is 144 cm³/mol. The van der Waals surface area contributed by atoms with Crippen molar-refractivity contribution in [1.29, 1.82) is 0 Å². The molecule has 4 aromatic rings. The summed E-state index contributed by atoms with van der Waals surface area (Å²) >= 11 is 0. The molecule has 4 rings (SSSR count). The van der Waals surface area contributed by atoms with Gasteiger partial charge in [-0.15, -0.1) is 0 Å². The van der Waals surface area contributed by atoms with Crippen LogP contribution in [-0.4, -0.2) is 14.7 Å². The molecule has 2 heterocycles. The minimum atomic E-state index is -0.513. The normalized spacial score (nSPS) is 12.7. The van der Waals surface area contributed by atoms with Crippen molar-refractivity contribution in [3.8, 4) is 16.9 Å². The van der Waals surface area contributed by atoms with Crippen LogP contribution in [0.2, 0.25) is 0 Å². The van der Waals surface area contributed by atoms with Gasteiger partial charge in [-0.3, -0.25) is 4.98 Å². The summed E-state index contributed by atoms with van der Waals surface area (Å²) in [6, 6.07) is 17.5. The molecule has 0 fully saturated rings. The molecule has 0 bridgehead atoms. The smallest absolute Gasteiger partial charge is 0.0813 e. The maximum atomic E-state index is 11.2. The van der Waals surface area contributed by atoms with E-state index in [1.54, 1.807) is 0 Å². The monoisotopic (exact) mass is 454 g/mol. The highest BCUT2D eigenvalue weighted by atomic mass is 16.3. The number of aromatic nitrogens is 2. The summed E-state index contributed by atoms with van der Waals surface area (Å²) in [4.78, 5) is 4.96. The van der Waals surface area contributed by atoms with Crippen LogP contribution in [-0.2, 0) is 12.8 Å². The lowest BCUT2D eigenvalue weighted by Gasteiger charge is -2.14. The van der Waals surface area contributed by atoms with Crippen LogP contribution in [0.4, 0.5) is 0 Å². The Morgan fingerprint density at radius 2 is 1.56 bits per heavy atom. The van der Waals surface area contributed by atoms with Gasteiger partial charge in [0.05, 0.1) is 23.5 Å². The summed E-state index contributed by atoms with van der Waals surface area (Å²) in [5, 5.41) is 12.3. The molecule has 0 saturated carbocycles. The third-order valence-electron chi connectivity index (χ3n) is 6.87. The van der Waals surface area contributed by atoms with E-state index in [4.69, 9.17) is 4.98 Å². The van der Waals surface area contributed by atoms with E-state index in [2.05, 4.69) is 101 Å². The van der Waals surface area contributed by atoms with Crippen LogP contribution in [0, 0.1) is 5.92 Å². The quantitative estimate of drug-likeness (QED) is 0.293. The van der Waals surface area contributed by atoms with Gasteiger partial charge in [-0.1, -0.05) is 71.9 Å². The number of aliphatic hydroxyl groups is 1. The molecule has 0 amide bonds. The highest BCUT2D eigenvalue weighted by molar-refractivity contribution is 5.89. The minimum absolute atomic E-state index is 0.410. The van der Waals surface area contributed by atoms with Crippen LogP contribution in [0.25, 0.3) is 27.8 Å². The van der Waals surface area contributed by atoms with Crippen molar-refractivity contribution in [3.63, 3.8) is 0 Å². The molecule has 0 spiro atoms. The zero-order chi connectivity index (χ0) is 24.4. The van der Waals surface area contributed by atoms with E-state index in [9.17, 15) is 5.11 Å². The SMILES string of the molecule is CCc1cccc(CC)c1-c1cc2c(C(O)CC(C)C)cn(-c3ccc(C(C)C)cc3)c2cn1. The van der Waals surface area contributed by atoms with Gasteiger partial charge < -0.3 is 9.67 Å². The molecule has 1 N–H and O–H groups in total. The average molecular weight is 455 g/mol. The number of pyridine rings is 1. The fourth-order valence-electron chi connectivity index (χ4n) is 4.93. The average Bonchev–Trinajstić information content (AvgIpc) is 3.22. The summed E-state index contributed by atoms with van der Waals surface area (Å²) in [7, 11) is 0. The van der Waals surface area contributed by atoms with Gasteiger partial charge in [0.15, 0.2) is 0 Å². The van der Waals surface area contributed by atoms with Crippen molar-refractivity contribution < 1.29 is 5.11 Å². The van der Waals surface area contributed by atoms with Gasteiger partial charge in [0, 0.05) is 28.4 Å². The Labute approximate surface area is 204 Å². The summed E-state index contributed by atoms with van der Waals surface area (Å²) in [5.41, 5.74) is 9.30. The summed E-state index contributed by atoms with van der Waals surface area (Å²) < 4.78 is 2.18. The minimum Gasteiger partial charge on any atom is -0.388 e. The molecule has 0 saturated heterocycles. The number of fused-ring (bicyclic) bond motifs is 1. The Morgan fingerprint density at radius 3 is 2.12 bits per heavy atom. The molecule has 0 aliphatic carbocycles. The fraction of sp³-hybridized carbons (Fsp3) is 0.387. The Bertz CT molecular complexity index is 1240. The lowest BCUT2D eigenvalue weighted by Crippen LogP contribution is -2.01. The Kier molecular flexibility index (Phi) is 7.23. The van der Waals surface area contributed by atoms with E-state index in [1.165, 1.54) is 22.3 Å². The molecule has 1 unspecified atom stereocenters. The summed E-state index contributed by atoms with van der Waals surface area (Å²) in [6.45, 7) is 13.1. The molecule has 0 aliphatic heterocycles. The van der Waals surface area contributed by atoms with Crippen LogP contribution in [0.3, 0.4) is 0 Å². The molecular weight excluding hydrogens is 416 g/mol. The summed E-state index contributed by atoms with van der Waals surface area (Å²) in [5.74, 6) is 0.905. The fourth-order valence-corrected chi connectivity index (χ4v) is 4.93. The van der Waals surface area contributed by atoms with E-state index >= 15 is 0 Å². The molecule has 0 radical (unpaired) electrons. The number of benzene rings is 2. The van der Waals surface area contributed by atoms with Gasteiger partial charge in [-0.05, 0) is 66.0 Å². The van der Waals surface area contributed by atoms with E-state index in [1.807, 2.05) is 6.20 Å². The molecule has 178 valence electrons. The predicted octanol–water partition coefficient (Wildman–Crippen LogP) is 8.02. The first-order valence-electron chi connectivity index (χ1n) is 12.7. The molecule has 2 aromatic heterocycles. The topological polar surface area (TPSA) is 38.0 Å². The summed E-state index contributed by atoms with van der Waals surface area (Å²) in [6.07, 6.45) is 6.25. The Hall–Kier alpha value is -2.91. The lowest BCUT2D eigenvalue weighted by atomic mass is 9.93. The first-order valence-corrected chi connectivity index (χ1v) is 12.7. The van der Waals surface area contributed by atoms with E-state index in [0.29, 0.717) is 11.8 Å². The zero-order valence-electron chi connectivity index (χ0n) is 21.5. The Morgan fingerprint density at radius 1 is 0.912 bits per heavy atom. The molecule has 0 aliphatic rings. The van der Waals surface area contributed by atoms with Crippen molar-refractivity contribution >= 4 is 10.9 Å². The molecule has 1 atom stereocenters. The van der Waals surface area contributed by atoms with Crippen LogP contribution in [0.5, 0.6) is 0 Å². The van der Waals surface area contributed by atoms with Crippen molar-refractivity contribution in [2.45, 2.75) is 72.8 Å². The molecular formula is C31H38N2O. The number of hydrogen-bond acceptors (Lipinski definition) is 2. The van der Waals surface area contributed by atoms with Gasteiger partial charge in [-0.25, -0.2) is 0 Å². The number of hydrogen-bond donors (Lipinski definition) is 1. The maximum absolute atomic E-state index is 11.2. The third-order valence-corrected chi connectivity index (χ3v) is 6.87. The molecule has 2 aromatic carbocycles. The van der Waals surface area contributed by atoms with Crippen molar-refractivity contribution in [2.24, 2.45) is 5.92 Å². The standard InChI is InChI=1S/C31H38N2O/c1-7-22-10-9-11-23(8-2)31(22)28-17-26-27(30(34)16-20(3)4)19-33(29(26)18-32-28)25-14-12-24(13-15-25)21(5)6/h9-15,17-21,30,34H,7-8,16H2,1-6H3. The largest absolute Gasteiger partial charge is 0.388 e. The Balaban J connectivity index is 1.92. The van der Waals surface area contributed by atoms with Crippen LogP contribution >= 0.6 is 0 Å². The number of aliphatic hydroxyl groups excluding tert-OH is 1. The van der Waals surface area contributed by atoms with Crippen LogP contribution in [0.1, 0.15) is 82.2 Å². The second kappa shape index (κ2) is 10.1. The first kappa shape index (κ1) is 24.2. The van der Waals surface area contributed by atoms with Crippen LogP contribution < -0.4 is 0 Å². The lowest BCUT2D eigenvalue weighted by molar-refractivity contribution is 0.152. The maximum Gasteiger partial charge on any atom is 0.0813 e. The van der Waals surface area contributed by atoms with Gasteiger partial charge in [0.25, 0.3) is 0 Å². The number of rotatable bonds is 8. The van der Waals surface area contributed by atoms with Crippen molar-refractivity contribution in [3.05, 3.63) is 83.2 Å². The second-order valence-corrected chi connectivity index (χ2v) is 10.1. The second-order valence-electron chi connectivity index (χ2n) is 10.1. The van der Waals surface area contributed by atoms with Gasteiger partial charge in [-0.2, -0.15) is 0 Å². The number of aryl methyl sites for hydroxylation is 2. The zero-order valence-corrected chi connectivity index (χ0v) is 21.5. The van der Waals surface area contributed by atoms with E-state index in [-0.39, 0.29) is 0 Å². The van der Waals surface area contributed by atoms with Gasteiger partial charge >= 0.3 is 0 Å². The van der Waals surface area contributed by atoms with Crippen molar-refractivity contribution in [1.82, 2.24) is 9.55 Å². The van der Waals surface area contributed by atoms with E-state index in [0.717, 1.165) is 47.1 Å². The van der Waals surface area contributed by atoms with Crippen molar-refractivity contribution in [2.75, 3.05) is 0 Å². The number of nitrogens with zero attached hydrogens (tertiary/aromatic N) is 2. The molecule has 3 nitrogen and oxygen atoms in total. The highest BCUT2D eigenvalue weighted by Crippen LogP contribution is 2.36.